The molecule has 1 amide bonds. The van der Waals surface area contributed by atoms with Crippen molar-refractivity contribution in [3.05, 3.63) is 23.8 Å². The first-order valence-electron chi connectivity index (χ1n) is 6.61. The van der Waals surface area contributed by atoms with Gasteiger partial charge in [0.1, 0.15) is 0 Å². The normalized spacial score (nSPS) is 18.2. The van der Waals surface area contributed by atoms with Gasteiger partial charge in [0.15, 0.2) is 11.5 Å². The third-order valence-electron chi connectivity index (χ3n) is 3.52. The maximum atomic E-state index is 12.6. The molecule has 1 aromatic rings. The van der Waals surface area contributed by atoms with Crippen LogP contribution in [0.15, 0.2) is 18.2 Å². The minimum atomic E-state index is -0.110. The molecule has 1 heterocycles. The molecule has 0 aromatic heterocycles. The first-order chi connectivity index (χ1) is 9.71. The average Bonchev–Trinajstić information content (AvgIpc) is 2.53. The van der Waals surface area contributed by atoms with Gasteiger partial charge in [-0.15, -0.1) is 0 Å². The molecule has 0 radical (unpaired) electrons. The third-order valence-corrected chi connectivity index (χ3v) is 3.52. The average molecular weight is 274 g/mol. The van der Waals surface area contributed by atoms with Gasteiger partial charge in [0, 0.05) is 13.1 Å². The van der Waals surface area contributed by atoms with E-state index in [0.717, 1.165) is 12.8 Å². The molecule has 0 N–H and O–H groups in total. The fraction of sp³-hybridized carbons (Fsp3) is 0.467. The zero-order chi connectivity index (χ0) is 14.5. The summed E-state index contributed by atoms with van der Waals surface area (Å²) < 4.78 is 10.5. The number of amides is 1. The van der Waals surface area contributed by atoms with E-state index in [1.54, 1.807) is 30.2 Å². The quantitative estimate of drug-likeness (QED) is 0.846. The van der Waals surface area contributed by atoms with E-state index in [2.05, 4.69) is 6.07 Å². The number of hydrogen-bond donors (Lipinski definition) is 0. The summed E-state index contributed by atoms with van der Waals surface area (Å²) in [7, 11) is 3.06. The van der Waals surface area contributed by atoms with E-state index in [1.165, 1.54) is 7.11 Å². The molecule has 1 fully saturated rings. The number of piperidine rings is 1. The van der Waals surface area contributed by atoms with Gasteiger partial charge in [0.25, 0.3) is 5.91 Å². The maximum Gasteiger partial charge on any atom is 0.257 e. The topological polar surface area (TPSA) is 62.6 Å². The van der Waals surface area contributed by atoms with Gasteiger partial charge in [0.05, 0.1) is 31.8 Å². The van der Waals surface area contributed by atoms with Crippen LogP contribution >= 0.6 is 0 Å². The van der Waals surface area contributed by atoms with Crippen molar-refractivity contribution in [2.24, 2.45) is 5.92 Å². The van der Waals surface area contributed by atoms with Crippen LogP contribution in [0.3, 0.4) is 0 Å². The SMILES string of the molecule is COc1cccc(C(=O)N2CCCC(C#N)C2)c1OC. The molecule has 1 aromatic carbocycles. The highest BCUT2D eigenvalue weighted by atomic mass is 16.5. The Labute approximate surface area is 118 Å². The Bertz CT molecular complexity index is 536. The Morgan fingerprint density at radius 2 is 2.20 bits per heavy atom. The molecule has 0 saturated carbocycles. The van der Waals surface area contributed by atoms with Crippen LogP contribution in [0.5, 0.6) is 11.5 Å². The summed E-state index contributed by atoms with van der Waals surface area (Å²) in [6, 6.07) is 7.48. The highest BCUT2D eigenvalue weighted by molar-refractivity contribution is 5.97. The summed E-state index contributed by atoms with van der Waals surface area (Å²) >= 11 is 0. The minimum absolute atomic E-state index is 0.0793. The van der Waals surface area contributed by atoms with Crippen LogP contribution in [-0.4, -0.2) is 38.1 Å². The van der Waals surface area contributed by atoms with Crippen LogP contribution in [0.4, 0.5) is 0 Å². The maximum absolute atomic E-state index is 12.6. The number of benzene rings is 1. The van der Waals surface area contributed by atoms with Crippen LogP contribution in [0.2, 0.25) is 0 Å². The summed E-state index contributed by atoms with van der Waals surface area (Å²) in [5.74, 6) is 0.788. The van der Waals surface area contributed by atoms with E-state index in [9.17, 15) is 4.79 Å². The Morgan fingerprint density at radius 1 is 1.40 bits per heavy atom. The predicted molar refractivity (Wildman–Crippen MR) is 73.8 cm³/mol. The first-order valence-corrected chi connectivity index (χ1v) is 6.61. The Kier molecular flexibility index (Phi) is 4.46. The number of likely N-dealkylation sites (tertiary alicyclic amines) is 1. The molecule has 106 valence electrons. The van der Waals surface area contributed by atoms with Gasteiger partial charge in [-0.1, -0.05) is 6.07 Å². The molecule has 1 atom stereocenters. The van der Waals surface area contributed by atoms with Gasteiger partial charge in [-0.25, -0.2) is 0 Å². The van der Waals surface area contributed by atoms with Gasteiger partial charge in [-0.05, 0) is 25.0 Å². The van der Waals surface area contributed by atoms with Crippen molar-refractivity contribution in [3.63, 3.8) is 0 Å². The van der Waals surface area contributed by atoms with Crippen molar-refractivity contribution < 1.29 is 14.3 Å². The molecule has 1 aliphatic heterocycles. The number of ether oxygens (including phenoxy) is 2. The second-order valence-electron chi connectivity index (χ2n) is 4.76. The Hall–Kier alpha value is -2.22. The Morgan fingerprint density at radius 3 is 2.85 bits per heavy atom. The van der Waals surface area contributed by atoms with E-state index in [1.807, 2.05) is 0 Å². The van der Waals surface area contributed by atoms with Crippen LogP contribution in [0.1, 0.15) is 23.2 Å². The van der Waals surface area contributed by atoms with Gasteiger partial charge in [0.2, 0.25) is 0 Å². The smallest absolute Gasteiger partial charge is 0.257 e. The molecular formula is C15H18N2O3. The van der Waals surface area contributed by atoms with Crippen LogP contribution in [0.25, 0.3) is 0 Å². The lowest BCUT2D eigenvalue weighted by molar-refractivity contribution is 0.0694. The van der Waals surface area contributed by atoms with Crippen LogP contribution in [-0.2, 0) is 0 Å². The number of para-hydroxylation sites is 1. The molecular weight excluding hydrogens is 256 g/mol. The molecule has 0 bridgehead atoms. The summed E-state index contributed by atoms with van der Waals surface area (Å²) in [6.07, 6.45) is 1.71. The molecule has 20 heavy (non-hydrogen) atoms. The number of methoxy groups -OCH3 is 2. The molecule has 2 rings (SSSR count). The zero-order valence-corrected chi connectivity index (χ0v) is 11.8. The number of carbonyl (C=O) groups is 1. The molecule has 1 saturated heterocycles. The van der Waals surface area contributed by atoms with Gasteiger partial charge in [-0.3, -0.25) is 4.79 Å². The lowest BCUT2D eigenvalue weighted by Crippen LogP contribution is -2.39. The van der Waals surface area contributed by atoms with E-state index in [-0.39, 0.29) is 11.8 Å². The van der Waals surface area contributed by atoms with Crippen molar-refractivity contribution in [2.75, 3.05) is 27.3 Å². The molecule has 1 aliphatic rings. The number of carbonyl (C=O) groups excluding carboxylic acids is 1. The Balaban J connectivity index is 2.27. The predicted octanol–water partition coefficient (Wildman–Crippen LogP) is 2.08. The second-order valence-corrected chi connectivity index (χ2v) is 4.76. The largest absolute Gasteiger partial charge is 0.493 e. The van der Waals surface area contributed by atoms with Gasteiger partial charge < -0.3 is 14.4 Å². The van der Waals surface area contributed by atoms with Crippen LogP contribution in [0, 0.1) is 17.2 Å². The van der Waals surface area contributed by atoms with Crippen molar-refractivity contribution in [3.8, 4) is 17.6 Å². The highest BCUT2D eigenvalue weighted by Crippen LogP contribution is 2.32. The van der Waals surface area contributed by atoms with E-state index in [0.29, 0.717) is 30.2 Å². The summed E-state index contributed by atoms with van der Waals surface area (Å²) in [5, 5.41) is 9.01. The molecule has 1 unspecified atom stereocenters. The van der Waals surface area contributed by atoms with Crippen molar-refractivity contribution in [2.45, 2.75) is 12.8 Å². The van der Waals surface area contributed by atoms with Gasteiger partial charge in [-0.2, -0.15) is 5.26 Å². The second kappa shape index (κ2) is 6.29. The highest BCUT2D eigenvalue weighted by Gasteiger charge is 2.27. The first kappa shape index (κ1) is 14.2. The number of hydrogen-bond acceptors (Lipinski definition) is 4. The molecule has 0 spiro atoms. The van der Waals surface area contributed by atoms with Gasteiger partial charge >= 0.3 is 0 Å². The molecule has 0 aliphatic carbocycles. The van der Waals surface area contributed by atoms with Crippen molar-refractivity contribution >= 4 is 5.91 Å². The minimum Gasteiger partial charge on any atom is -0.493 e. The molecule has 5 nitrogen and oxygen atoms in total. The lowest BCUT2D eigenvalue weighted by atomic mass is 9.99. The number of rotatable bonds is 3. The lowest BCUT2D eigenvalue weighted by Gasteiger charge is -2.30. The summed E-state index contributed by atoms with van der Waals surface area (Å²) in [6.45, 7) is 1.16. The van der Waals surface area contributed by atoms with Crippen molar-refractivity contribution in [1.82, 2.24) is 4.90 Å². The van der Waals surface area contributed by atoms with Crippen molar-refractivity contribution in [1.29, 1.82) is 5.26 Å². The zero-order valence-electron chi connectivity index (χ0n) is 11.8. The van der Waals surface area contributed by atoms with E-state index >= 15 is 0 Å². The fourth-order valence-corrected chi connectivity index (χ4v) is 2.49. The monoisotopic (exact) mass is 274 g/mol. The fourth-order valence-electron chi connectivity index (χ4n) is 2.49. The standard InChI is InChI=1S/C15H18N2O3/c1-19-13-7-3-6-12(14(13)20-2)15(18)17-8-4-5-11(9-16)10-17/h3,6-7,11H,4-5,8,10H2,1-2H3. The number of nitrogens with zero attached hydrogens (tertiary/aromatic N) is 2. The number of nitriles is 1. The van der Waals surface area contributed by atoms with E-state index in [4.69, 9.17) is 14.7 Å². The summed E-state index contributed by atoms with van der Waals surface area (Å²) in [5.41, 5.74) is 0.477. The van der Waals surface area contributed by atoms with Crippen LogP contribution < -0.4 is 9.47 Å². The molecule has 5 heteroatoms. The van der Waals surface area contributed by atoms with E-state index < -0.39 is 0 Å². The third kappa shape index (κ3) is 2.69. The summed E-state index contributed by atoms with van der Waals surface area (Å²) in [4.78, 5) is 14.3.